The summed E-state index contributed by atoms with van der Waals surface area (Å²) < 4.78 is 16.2. The number of ether oxygens (including phenoxy) is 3. The van der Waals surface area contributed by atoms with Gasteiger partial charge in [-0.25, -0.2) is 4.79 Å². The van der Waals surface area contributed by atoms with Crippen LogP contribution in [0.4, 0.5) is 4.79 Å². The number of carbonyl (C=O) groups is 5. The number of amides is 5. The largest absolute Gasteiger partial charge is 0.445 e. The third-order valence-electron chi connectivity index (χ3n) is 6.91. The lowest BCUT2D eigenvalue weighted by molar-refractivity contribution is -0.311. The maximum Gasteiger partial charge on any atom is 0.408 e. The predicted octanol–water partition coefficient (Wildman–Crippen LogP) is -3.27. The van der Waals surface area contributed by atoms with Gasteiger partial charge in [-0.15, -0.1) is 0 Å². The second-order valence-corrected chi connectivity index (χ2v) is 10.9. The third kappa shape index (κ3) is 11.2. The van der Waals surface area contributed by atoms with Gasteiger partial charge in [0.25, 0.3) is 0 Å². The number of alkyl carbamates (subject to hydrolysis) is 1. The van der Waals surface area contributed by atoms with Gasteiger partial charge in [0.05, 0.1) is 19.3 Å². The van der Waals surface area contributed by atoms with E-state index in [2.05, 4.69) is 21.3 Å². The van der Waals surface area contributed by atoms with Crippen molar-refractivity contribution in [1.82, 2.24) is 21.3 Å². The van der Waals surface area contributed by atoms with E-state index >= 15 is 0 Å². The van der Waals surface area contributed by atoms with Crippen molar-refractivity contribution in [2.45, 2.75) is 89.2 Å². The molecular formula is C28H43N5O12. The number of hydrogen-bond donors (Lipinski definition) is 9. The minimum atomic E-state index is -1.79. The van der Waals surface area contributed by atoms with E-state index in [1.54, 1.807) is 44.2 Å². The summed E-state index contributed by atoms with van der Waals surface area (Å²) in [6, 6.07) is 4.90. The van der Waals surface area contributed by atoms with Crippen molar-refractivity contribution in [3.8, 4) is 0 Å². The fourth-order valence-corrected chi connectivity index (χ4v) is 4.18. The standard InChI is InChI=1S/C28H43N5O12/c1-13(2)19(25(40)30-10-18(35)31-14(3)24(29)39)32-26(41)20(33-28(42)43-12-16-8-6-5-7-9-16)15(4)44-27-23(38)22(37)21(36)17(11-34)45-27/h5-9,13-15,17,19-23,27,34,36-38H,10-12H2,1-4H3,(H2,29,39)(H,30,40)(H,31,35)(H,32,41)(H,33,42)/t14-,15+,17+,19-,20-,21+,22-,23-,27-/m0/s1. The average molecular weight is 642 g/mol. The summed E-state index contributed by atoms with van der Waals surface area (Å²) in [5, 5.41) is 49.6. The molecule has 0 aromatic heterocycles. The fraction of sp³-hybridized carbons (Fsp3) is 0.607. The first-order chi connectivity index (χ1) is 21.2. The van der Waals surface area contributed by atoms with Gasteiger partial charge in [0, 0.05) is 0 Å². The molecule has 0 saturated carbocycles. The number of rotatable bonds is 15. The van der Waals surface area contributed by atoms with E-state index in [-0.39, 0.29) is 6.61 Å². The zero-order chi connectivity index (χ0) is 33.8. The van der Waals surface area contributed by atoms with Crippen molar-refractivity contribution < 1.29 is 58.6 Å². The third-order valence-corrected chi connectivity index (χ3v) is 6.91. The number of nitrogens with two attached hydrogens (primary N) is 1. The summed E-state index contributed by atoms with van der Waals surface area (Å²) in [5.74, 6) is -3.68. The monoisotopic (exact) mass is 641 g/mol. The van der Waals surface area contributed by atoms with E-state index < -0.39 is 104 Å². The average Bonchev–Trinajstić information content (AvgIpc) is 3.00. The molecule has 2 rings (SSSR count). The van der Waals surface area contributed by atoms with Crippen LogP contribution in [0, 0.1) is 5.92 Å². The minimum absolute atomic E-state index is 0.142. The lowest BCUT2D eigenvalue weighted by Crippen LogP contribution is -2.62. The smallest absolute Gasteiger partial charge is 0.408 e. The van der Waals surface area contributed by atoms with E-state index in [1.807, 2.05) is 0 Å². The summed E-state index contributed by atoms with van der Waals surface area (Å²) in [7, 11) is 0. The van der Waals surface area contributed by atoms with Crippen LogP contribution in [0.25, 0.3) is 0 Å². The lowest BCUT2D eigenvalue weighted by atomic mass is 9.99. The molecule has 17 nitrogen and oxygen atoms in total. The van der Waals surface area contributed by atoms with Gasteiger partial charge in [-0.1, -0.05) is 44.2 Å². The van der Waals surface area contributed by atoms with Crippen LogP contribution in [0.15, 0.2) is 30.3 Å². The van der Waals surface area contributed by atoms with Gasteiger partial charge in [-0.05, 0) is 25.3 Å². The molecule has 1 aromatic carbocycles. The Morgan fingerprint density at radius 3 is 2.11 bits per heavy atom. The molecule has 1 aliphatic heterocycles. The number of primary amides is 1. The summed E-state index contributed by atoms with van der Waals surface area (Å²) in [4.78, 5) is 62.5. The number of aliphatic hydroxyl groups is 4. The maximum atomic E-state index is 13.5. The fourth-order valence-electron chi connectivity index (χ4n) is 4.18. The first-order valence-electron chi connectivity index (χ1n) is 14.3. The zero-order valence-electron chi connectivity index (χ0n) is 25.4. The van der Waals surface area contributed by atoms with Crippen molar-refractivity contribution >= 4 is 29.7 Å². The number of carbonyl (C=O) groups excluding carboxylic acids is 5. The van der Waals surface area contributed by atoms with Gasteiger partial charge in [0.2, 0.25) is 23.6 Å². The molecular weight excluding hydrogens is 598 g/mol. The highest BCUT2D eigenvalue weighted by Gasteiger charge is 2.46. The Morgan fingerprint density at radius 2 is 1.53 bits per heavy atom. The Labute approximate surface area is 259 Å². The van der Waals surface area contributed by atoms with Crippen LogP contribution in [-0.4, -0.2) is 118 Å². The number of hydrogen-bond acceptors (Lipinski definition) is 12. The molecule has 0 aliphatic carbocycles. The Morgan fingerprint density at radius 1 is 0.889 bits per heavy atom. The van der Waals surface area contributed by atoms with Gasteiger partial charge in [0.15, 0.2) is 6.29 Å². The van der Waals surface area contributed by atoms with Crippen molar-refractivity contribution in [3.63, 3.8) is 0 Å². The normalized spacial score (nSPS) is 24.0. The molecule has 252 valence electrons. The SMILES string of the molecule is CC(C)[C@H](NC(=O)[C@@H](NC(=O)OCc1ccccc1)[C@@H](C)O[C@H]1O[C@H](CO)[C@@H](O)[C@H](O)[C@@H]1O)C(=O)NCC(=O)N[C@@H](C)C(N)=O. The maximum absolute atomic E-state index is 13.5. The molecule has 1 aliphatic rings. The summed E-state index contributed by atoms with van der Waals surface area (Å²) in [5.41, 5.74) is 5.78. The van der Waals surface area contributed by atoms with Crippen LogP contribution in [0.2, 0.25) is 0 Å². The van der Waals surface area contributed by atoms with E-state index in [0.717, 1.165) is 0 Å². The second kappa shape index (κ2) is 17.6. The minimum Gasteiger partial charge on any atom is -0.445 e. The molecule has 5 amide bonds. The van der Waals surface area contributed by atoms with Crippen LogP contribution in [0.1, 0.15) is 33.3 Å². The van der Waals surface area contributed by atoms with Crippen LogP contribution in [0.5, 0.6) is 0 Å². The lowest BCUT2D eigenvalue weighted by Gasteiger charge is -2.41. The number of benzene rings is 1. The molecule has 45 heavy (non-hydrogen) atoms. The molecule has 1 heterocycles. The Kier molecular flexibility index (Phi) is 14.6. The topological polar surface area (TPSA) is 268 Å². The Hall–Kier alpha value is -3.87. The van der Waals surface area contributed by atoms with Crippen LogP contribution >= 0.6 is 0 Å². The summed E-state index contributed by atoms with van der Waals surface area (Å²) >= 11 is 0. The number of nitrogens with one attached hydrogen (secondary N) is 4. The molecule has 1 fully saturated rings. The van der Waals surface area contributed by atoms with Crippen molar-refractivity contribution in [2.75, 3.05) is 13.2 Å². The van der Waals surface area contributed by atoms with E-state index in [0.29, 0.717) is 5.56 Å². The Bertz CT molecular complexity index is 1150. The second-order valence-electron chi connectivity index (χ2n) is 10.9. The first kappa shape index (κ1) is 37.3. The first-order valence-corrected chi connectivity index (χ1v) is 14.3. The van der Waals surface area contributed by atoms with Crippen molar-refractivity contribution in [3.05, 3.63) is 35.9 Å². The number of aliphatic hydroxyl groups excluding tert-OH is 4. The molecule has 10 N–H and O–H groups in total. The molecule has 0 bridgehead atoms. The quantitative estimate of drug-likeness (QED) is 0.0913. The van der Waals surface area contributed by atoms with Gasteiger partial charge in [0.1, 0.15) is 49.1 Å². The highest BCUT2D eigenvalue weighted by Crippen LogP contribution is 2.23. The highest BCUT2D eigenvalue weighted by molar-refractivity contribution is 5.94. The van der Waals surface area contributed by atoms with Crippen LogP contribution in [-0.2, 0) is 40.0 Å². The molecule has 17 heteroatoms. The molecule has 1 aromatic rings. The van der Waals surface area contributed by atoms with Gasteiger partial charge < -0.3 is 61.6 Å². The predicted molar refractivity (Wildman–Crippen MR) is 154 cm³/mol. The van der Waals surface area contributed by atoms with Gasteiger partial charge in [-0.3, -0.25) is 19.2 Å². The van der Waals surface area contributed by atoms with E-state index in [9.17, 15) is 44.4 Å². The molecule has 0 unspecified atom stereocenters. The van der Waals surface area contributed by atoms with Gasteiger partial charge in [-0.2, -0.15) is 0 Å². The van der Waals surface area contributed by atoms with E-state index in [1.165, 1.54) is 13.8 Å². The Balaban J connectivity index is 2.19. The summed E-state index contributed by atoms with van der Waals surface area (Å²) in [6.45, 7) is 4.53. The van der Waals surface area contributed by atoms with Crippen molar-refractivity contribution in [2.24, 2.45) is 11.7 Å². The molecule has 9 atom stereocenters. The van der Waals surface area contributed by atoms with Crippen LogP contribution in [0.3, 0.4) is 0 Å². The van der Waals surface area contributed by atoms with E-state index in [4.69, 9.17) is 19.9 Å². The molecule has 1 saturated heterocycles. The van der Waals surface area contributed by atoms with Crippen molar-refractivity contribution in [1.29, 1.82) is 0 Å². The molecule has 0 radical (unpaired) electrons. The highest BCUT2D eigenvalue weighted by atomic mass is 16.7. The molecule has 0 spiro atoms. The van der Waals surface area contributed by atoms with Crippen LogP contribution < -0.4 is 27.0 Å². The zero-order valence-corrected chi connectivity index (χ0v) is 25.4. The van der Waals surface area contributed by atoms with Gasteiger partial charge >= 0.3 is 6.09 Å². The summed E-state index contributed by atoms with van der Waals surface area (Å²) in [6.07, 6.45) is -10.5.